The highest BCUT2D eigenvalue weighted by Gasteiger charge is 2.37. The number of carbonyl (C=O) groups is 1. The van der Waals surface area contributed by atoms with Gasteiger partial charge in [-0.1, -0.05) is 61.8 Å². The number of rotatable bonds is 7. The lowest BCUT2D eigenvalue weighted by atomic mass is 9.79. The maximum atomic E-state index is 13.9. The summed E-state index contributed by atoms with van der Waals surface area (Å²) in [5, 5.41) is 2.54. The van der Waals surface area contributed by atoms with Gasteiger partial charge in [0.1, 0.15) is 0 Å². The van der Waals surface area contributed by atoms with E-state index in [2.05, 4.69) is 61.8 Å². The molecule has 2 aliphatic heterocycles. The Morgan fingerprint density at radius 2 is 1.86 bits per heavy atom. The molecule has 0 radical (unpaired) electrons. The number of amides is 1. The van der Waals surface area contributed by atoms with E-state index in [4.69, 9.17) is 16.6 Å². The van der Waals surface area contributed by atoms with Crippen molar-refractivity contribution in [2.45, 2.75) is 58.4 Å². The minimum Gasteiger partial charge on any atom is -0.366 e. The van der Waals surface area contributed by atoms with Crippen molar-refractivity contribution in [3.63, 3.8) is 0 Å². The molecule has 1 fully saturated rings. The molecule has 42 heavy (non-hydrogen) atoms. The third-order valence-electron chi connectivity index (χ3n) is 8.39. The highest BCUT2D eigenvalue weighted by molar-refractivity contribution is 8.18. The maximum absolute atomic E-state index is 13.9. The molecule has 7 heteroatoms. The van der Waals surface area contributed by atoms with E-state index in [9.17, 15) is 4.79 Å². The molecule has 3 heterocycles. The highest BCUT2D eigenvalue weighted by atomic mass is 35.5. The number of benzene rings is 3. The zero-order chi connectivity index (χ0) is 29.4. The van der Waals surface area contributed by atoms with Gasteiger partial charge in [0, 0.05) is 46.4 Å². The topological polar surface area (TPSA) is 51.7 Å². The third-order valence-corrected chi connectivity index (χ3v) is 9.72. The first-order chi connectivity index (χ1) is 20.2. The molecule has 1 atom stereocenters. The summed E-state index contributed by atoms with van der Waals surface area (Å²) in [6, 6.07) is 22.4. The number of aromatic nitrogens is 1. The van der Waals surface area contributed by atoms with Crippen molar-refractivity contribution < 1.29 is 4.79 Å². The summed E-state index contributed by atoms with van der Waals surface area (Å²) in [7, 11) is 0. The second-order valence-corrected chi connectivity index (χ2v) is 13.3. The molecule has 5 nitrogen and oxygen atoms in total. The number of nitrogens with one attached hydrogen (secondary N) is 1. The molecule has 0 aliphatic carbocycles. The number of hydrogen-bond acceptors (Lipinski definition) is 4. The lowest BCUT2D eigenvalue weighted by Gasteiger charge is -2.47. The van der Waals surface area contributed by atoms with E-state index in [0.717, 1.165) is 42.6 Å². The molecule has 1 aromatic heterocycles. The van der Waals surface area contributed by atoms with Crippen LogP contribution in [0.25, 0.3) is 17.0 Å². The summed E-state index contributed by atoms with van der Waals surface area (Å²) in [5.41, 5.74) is 6.57. The number of hydrogen-bond donors (Lipinski definition) is 1. The van der Waals surface area contributed by atoms with Gasteiger partial charge in [-0.25, -0.2) is 4.99 Å². The fourth-order valence-corrected chi connectivity index (χ4v) is 7.62. The van der Waals surface area contributed by atoms with Gasteiger partial charge in [-0.3, -0.25) is 9.69 Å². The van der Waals surface area contributed by atoms with Gasteiger partial charge >= 0.3 is 0 Å². The van der Waals surface area contributed by atoms with Gasteiger partial charge in [-0.2, -0.15) is 0 Å². The first-order valence-corrected chi connectivity index (χ1v) is 16.0. The van der Waals surface area contributed by atoms with Crippen LogP contribution < -0.4 is 4.90 Å². The normalized spacial score (nSPS) is 20.2. The summed E-state index contributed by atoms with van der Waals surface area (Å²) in [5.74, 6) is 0.359. The minimum absolute atomic E-state index is 0.0369. The second-order valence-electron chi connectivity index (χ2n) is 11.9. The number of fused-ring (bicyclic) bond motifs is 2. The third kappa shape index (κ3) is 5.50. The van der Waals surface area contributed by atoms with Gasteiger partial charge in [0.15, 0.2) is 5.17 Å². The van der Waals surface area contributed by atoms with Crippen molar-refractivity contribution in [2.75, 3.05) is 18.0 Å². The number of carbonyl (C=O) groups excluding carboxylic acids is 1. The predicted molar refractivity (Wildman–Crippen MR) is 179 cm³/mol. The lowest BCUT2D eigenvalue weighted by molar-refractivity contribution is -0.122. The first-order valence-electron chi connectivity index (χ1n) is 14.8. The zero-order valence-electron chi connectivity index (χ0n) is 24.7. The molecule has 1 saturated heterocycles. The van der Waals surface area contributed by atoms with Crippen LogP contribution in [0.2, 0.25) is 5.02 Å². The minimum atomic E-state index is -0.0369. The highest BCUT2D eigenvalue weighted by Crippen LogP contribution is 2.46. The van der Waals surface area contributed by atoms with Crippen molar-refractivity contribution in [3.05, 3.63) is 99.5 Å². The molecule has 0 spiro atoms. The number of halogens is 1. The Bertz CT molecular complexity index is 1690. The van der Waals surface area contributed by atoms with E-state index in [-0.39, 0.29) is 11.4 Å². The van der Waals surface area contributed by atoms with E-state index in [0.29, 0.717) is 27.6 Å². The number of thioether (sulfide) groups is 1. The molecule has 1 unspecified atom stereocenters. The maximum Gasteiger partial charge on any atom is 0.266 e. The fourth-order valence-electron chi connectivity index (χ4n) is 6.39. The molecular weight excluding hydrogens is 560 g/mol. The van der Waals surface area contributed by atoms with Gasteiger partial charge in [-0.05, 0) is 104 Å². The molecule has 1 N–H and O–H groups in total. The van der Waals surface area contributed by atoms with Crippen LogP contribution in [-0.2, 0) is 11.2 Å². The molecule has 216 valence electrons. The van der Waals surface area contributed by atoms with Crippen molar-refractivity contribution in [1.29, 1.82) is 0 Å². The Hall–Kier alpha value is -3.48. The van der Waals surface area contributed by atoms with Gasteiger partial charge in [0.25, 0.3) is 5.91 Å². The van der Waals surface area contributed by atoms with Crippen LogP contribution in [0, 0.1) is 0 Å². The smallest absolute Gasteiger partial charge is 0.266 e. The Morgan fingerprint density at radius 3 is 2.64 bits per heavy atom. The van der Waals surface area contributed by atoms with E-state index in [1.54, 1.807) is 0 Å². The summed E-state index contributed by atoms with van der Waals surface area (Å²) >= 11 is 8.36. The molecule has 0 bridgehead atoms. The van der Waals surface area contributed by atoms with Crippen LogP contribution in [-0.4, -0.2) is 39.6 Å². The zero-order valence-corrected chi connectivity index (χ0v) is 26.2. The first kappa shape index (κ1) is 28.6. The molecular formula is C35H37ClN4OS. The predicted octanol–water partition coefficient (Wildman–Crippen LogP) is 9.17. The van der Waals surface area contributed by atoms with Crippen LogP contribution in [0.5, 0.6) is 0 Å². The molecule has 2 aliphatic rings. The fraction of sp³-hybridized carbons (Fsp3) is 0.314. The summed E-state index contributed by atoms with van der Waals surface area (Å²) < 4.78 is 0. The number of anilines is 1. The quantitative estimate of drug-likeness (QED) is 0.216. The molecule has 0 saturated carbocycles. The summed E-state index contributed by atoms with van der Waals surface area (Å²) in [6.45, 7) is 10.7. The Morgan fingerprint density at radius 1 is 1.10 bits per heavy atom. The second kappa shape index (κ2) is 11.7. The largest absolute Gasteiger partial charge is 0.366 e. The van der Waals surface area contributed by atoms with Crippen LogP contribution in [0.1, 0.15) is 63.1 Å². The van der Waals surface area contributed by atoms with Crippen molar-refractivity contribution in [1.82, 2.24) is 9.88 Å². The van der Waals surface area contributed by atoms with Gasteiger partial charge in [0.05, 0.1) is 10.6 Å². The lowest BCUT2D eigenvalue weighted by Crippen LogP contribution is -2.48. The molecule has 3 aromatic carbocycles. The van der Waals surface area contributed by atoms with Crippen LogP contribution in [0.4, 0.5) is 11.4 Å². The summed E-state index contributed by atoms with van der Waals surface area (Å²) in [6.07, 6.45) is 6.86. The van der Waals surface area contributed by atoms with Crippen LogP contribution in [0.3, 0.4) is 0 Å². The summed E-state index contributed by atoms with van der Waals surface area (Å²) in [4.78, 5) is 27.1. The number of H-pyrrole nitrogens is 1. The standard InChI is InChI=1S/C35H37ClN4OS/c1-5-16-40-31-20-29(36)25(18-28(31)23(2)21-35(40,3)4)19-32-33(41)39(34(42-32)38-26-11-7-6-8-12-26)17-15-24-22-37-30-14-10-9-13-27(24)30/h6-14,18-20,22-23,37H,5,15-17,21H2,1-4H3/b32-19+,38-34?. The van der Waals surface area contributed by atoms with Gasteiger partial charge < -0.3 is 9.88 Å². The number of para-hydroxylation sites is 2. The SMILES string of the molecule is CCCN1c2cc(Cl)c(/C=C3/SC(=Nc4ccccc4)N(CCc4c[nH]c5ccccc45)C3=O)cc2C(C)CC1(C)C. The van der Waals surface area contributed by atoms with Gasteiger partial charge in [0.2, 0.25) is 0 Å². The number of nitrogens with zero attached hydrogens (tertiary/aromatic N) is 3. The van der Waals surface area contributed by atoms with Crippen molar-refractivity contribution >= 4 is 62.8 Å². The van der Waals surface area contributed by atoms with E-state index < -0.39 is 0 Å². The van der Waals surface area contributed by atoms with Gasteiger partial charge in [-0.15, -0.1) is 0 Å². The van der Waals surface area contributed by atoms with E-state index in [1.165, 1.54) is 34.0 Å². The number of aliphatic imine (C=N–C) groups is 1. The Labute approximate surface area is 257 Å². The van der Waals surface area contributed by atoms with E-state index >= 15 is 0 Å². The van der Waals surface area contributed by atoms with Crippen LogP contribution >= 0.6 is 23.4 Å². The average molecular weight is 597 g/mol. The molecule has 6 rings (SSSR count). The van der Waals surface area contributed by atoms with Crippen molar-refractivity contribution in [2.24, 2.45) is 4.99 Å². The van der Waals surface area contributed by atoms with Crippen LogP contribution in [0.15, 0.2) is 82.8 Å². The Balaban J connectivity index is 1.34. The van der Waals surface area contributed by atoms with Crippen molar-refractivity contribution in [3.8, 4) is 0 Å². The van der Waals surface area contributed by atoms with E-state index in [1.807, 2.05) is 59.6 Å². The molecule has 4 aromatic rings. The number of aromatic amines is 1. The average Bonchev–Trinajstić information content (AvgIpc) is 3.51. The monoisotopic (exact) mass is 596 g/mol. The Kier molecular flexibility index (Phi) is 7.95. The number of amidine groups is 1. The molecule has 1 amide bonds.